The summed E-state index contributed by atoms with van der Waals surface area (Å²) >= 11 is 0. The third-order valence-electron chi connectivity index (χ3n) is 2.25. The summed E-state index contributed by atoms with van der Waals surface area (Å²) in [7, 11) is 0. The summed E-state index contributed by atoms with van der Waals surface area (Å²) in [6.45, 7) is 10.1. The Hall–Kier alpha value is -1.68. The van der Waals surface area contributed by atoms with Crippen LogP contribution in [-0.4, -0.2) is 32.6 Å². The number of hydrogen-bond donors (Lipinski definition) is 1. The molecule has 0 bridgehead atoms. The van der Waals surface area contributed by atoms with E-state index in [1.807, 2.05) is 12.2 Å². The highest BCUT2D eigenvalue weighted by Gasteiger charge is 2.04. The van der Waals surface area contributed by atoms with E-state index in [-0.39, 0.29) is 0 Å². The smallest absolute Gasteiger partial charge is 0.120 e. The van der Waals surface area contributed by atoms with E-state index in [9.17, 15) is 4.39 Å². The number of aliphatic imine (C=N–C) groups is 1. The SMILES string of the molecule is C=CC/C=C\C=C(\CNCCO/C=C\N=C)C(C)F. The molecule has 0 saturated carbocycles. The molecule has 0 radical (unpaired) electrons. The minimum atomic E-state index is -0.966. The Bertz CT molecular complexity index is 333. The van der Waals surface area contributed by atoms with Crippen LogP contribution >= 0.6 is 0 Å². The van der Waals surface area contributed by atoms with E-state index in [0.29, 0.717) is 25.3 Å². The van der Waals surface area contributed by atoms with Crippen molar-refractivity contribution in [3.05, 3.63) is 48.9 Å². The molecule has 0 aromatic heterocycles. The van der Waals surface area contributed by atoms with Gasteiger partial charge in [0.15, 0.2) is 0 Å². The topological polar surface area (TPSA) is 33.6 Å². The lowest BCUT2D eigenvalue weighted by Crippen LogP contribution is -2.24. The fourth-order valence-corrected chi connectivity index (χ4v) is 1.22. The highest BCUT2D eigenvalue weighted by molar-refractivity contribution is 5.25. The molecule has 0 aliphatic heterocycles. The third kappa shape index (κ3) is 11.2. The summed E-state index contributed by atoms with van der Waals surface area (Å²) in [5, 5.41) is 3.12. The van der Waals surface area contributed by atoms with Crippen molar-refractivity contribution in [1.29, 1.82) is 0 Å². The van der Waals surface area contributed by atoms with Crippen molar-refractivity contribution >= 4 is 6.72 Å². The molecule has 0 heterocycles. The number of nitrogens with zero attached hydrogens (tertiary/aromatic N) is 1. The normalized spacial score (nSPS) is 13.9. The Morgan fingerprint density at radius 3 is 2.95 bits per heavy atom. The molecule has 0 saturated heterocycles. The lowest BCUT2D eigenvalue weighted by molar-refractivity contribution is 0.249. The molecule has 1 atom stereocenters. The maximum atomic E-state index is 13.3. The van der Waals surface area contributed by atoms with Gasteiger partial charge in [-0.3, -0.25) is 4.99 Å². The van der Waals surface area contributed by atoms with Gasteiger partial charge in [0.05, 0.1) is 12.8 Å². The number of allylic oxidation sites excluding steroid dienone is 4. The molecule has 3 nitrogen and oxygen atoms in total. The van der Waals surface area contributed by atoms with Gasteiger partial charge in [-0.1, -0.05) is 24.3 Å². The van der Waals surface area contributed by atoms with E-state index in [1.165, 1.54) is 19.4 Å². The highest BCUT2D eigenvalue weighted by atomic mass is 19.1. The van der Waals surface area contributed by atoms with Crippen LogP contribution in [0.5, 0.6) is 0 Å². The molecule has 1 N–H and O–H groups in total. The Kier molecular flexibility index (Phi) is 11.6. The van der Waals surface area contributed by atoms with E-state index in [1.54, 1.807) is 12.2 Å². The van der Waals surface area contributed by atoms with Crippen LogP contribution in [0.3, 0.4) is 0 Å². The lowest BCUT2D eigenvalue weighted by atomic mass is 10.1. The van der Waals surface area contributed by atoms with E-state index in [4.69, 9.17) is 4.74 Å². The van der Waals surface area contributed by atoms with Crippen LogP contribution in [0.1, 0.15) is 13.3 Å². The monoisotopic (exact) mass is 266 g/mol. The quantitative estimate of drug-likeness (QED) is 0.205. The standard InChI is InChI=1S/C15H23FN2O/c1-4-5-6-7-8-15(14(2)16)13-18-10-12-19-11-9-17-3/h4,6-9,11,14,18H,1,3,5,10,12-13H2,2H3/b7-6-,11-9-,15-8-. The minimum absolute atomic E-state index is 0.503. The lowest BCUT2D eigenvalue weighted by Gasteiger charge is -2.09. The van der Waals surface area contributed by atoms with E-state index in [2.05, 4.69) is 23.6 Å². The molecule has 0 aromatic rings. The summed E-state index contributed by atoms with van der Waals surface area (Å²) in [6, 6.07) is 0. The van der Waals surface area contributed by atoms with Gasteiger partial charge in [0.2, 0.25) is 0 Å². The Morgan fingerprint density at radius 1 is 1.53 bits per heavy atom. The van der Waals surface area contributed by atoms with Crippen LogP contribution in [0.2, 0.25) is 0 Å². The van der Waals surface area contributed by atoms with E-state index in [0.717, 1.165) is 6.42 Å². The summed E-state index contributed by atoms with van der Waals surface area (Å²) in [5.41, 5.74) is 0.712. The molecule has 0 aromatic carbocycles. The molecule has 106 valence electrons. The number of halogens is 1. The van der Waals surface area contributed by atoms with Crippen LogP contribution in [0.25, 0.3) is 0 Å². The second-order valence-electron chi connectivity index (χ2n) is 3.83. The number of nitrogens with one attached hydrogen (secondary N) is 1. The number of rotatable bonds is 11. The van der Waals surface area contributed by atoms with Gasteiger partial charge >= 0.3 is 0 Å². The van der Waals surface area contributed by atoms with Crippen molar-refractivity contribution in [2.75, 3.05) is 19.7 Å². The first-order valence-electron chi connectivity index (χ1n) is 6.26. The van der Waals surface area contributed by atoms with Crippen molar-refractivity contribution in [2.24, 2.45) is 4.99 Å². The van der Waals surface area contributed by atoms with Crippen molar-refractivity contribution < 1.29 is 9.13 Å². The summed E-state index contributed by atoms with van der Waals surface area (Å²) in [5.74, 6) is 0. The van der Waals surface area contributed by atoms with Gasteiger partial charge in [-0.05, 0) is 25.6 Å². The molecule has 0 spiro atoms. The maximum Gasteiger partial charge on any atom is 0.120 e. The zero-order chi connectivity index (χ0) is 14.3. The van der Waals surface area contributed by atoms with Gasteiger partial charge in [0.1, 0.15) is 12.4 Å². The van der Waals surface area contributed by atoms with Gasteiger partial charge in [-0.25, -0.2) is 4.39 Å². The van der Waals surface area contributed by atoms with Gasteiger partial charge in [0, 0.05) is 13.1 Å². The van der Waals surface area contributed by atoms with Gasteiger partial charge < -0.3 is 10.1 Å². The van der Waals surface area contributed by atoms with E-state index < -0.39 is 6.17 Å². The van der Waals surface area contributed by atoms with Crippen LogP contribution in [0.15, 0.2) is 53.9 Å². The van der Waals surface area contributed by atoms with Crippen molar-refractivity contribution in [3.8, 4) is 0 Å². The second kappa shape index (κ2) is 12.8. The second-order valence-corrected chi connectivity index (χ2v) is 3.83. The molecule has 0 amide bonds. The summed E-state index contributed by atoms with van der Waals surface area (Å²) in [6.07, 6.45) is 10.1. The average Bonchev–Trinajstić information content (AvgIpc) is 2.39. The Labute approximate surface area is 115 Å². The van der Waals surface area contributed by atoms with Gasteiger partial charge in [-0.15, -0.1) is 6.58 Å². The first-order chi connectivity index (χ1) is 9.22. The predicted octanol–water partition coefficient (Wildman–Crippen LogP) is 3.18. The molecule has 1 unspecified atom stereocenters. The third-order valence-corrected chi connectivity index (χ3v) is 2.25. The van der Waals surface area contributed by atoms with E-state index >= 15 is 0 Å². The summed E-state index contributed by atoms with van der Waals surface area (Å²) in [4.78, 5) is 3.50. The van der Waals surface area contributed by atoms with Crippen LogP contribution in [-0.2, 0) is 4.74 Å². The molecule has 0 aliphatic rings. The number of alkyl halides is 1. The fraction of sp³-hybridized carbons (Fsp3) is 0.400. The van der Waals surface area contributed by atoms with Crippen LogP contribution < -0.4 is 5.32 Å². The molecule has 0 fully saturated rings. The molecule has 19 heavy (non-hydrogen) atoms. The molecular weight excluding hydrogens is 243 g/mol. The van der Waals surface area contributed by atoms with Gasteiger partial charge in [-0.2, -0.15) is 0 Å². The molecule has 4 heteroatoms. The number of hydrogen-bond acceptors (Lipinski definition) is 3. The van der Waals surface area contributed by atoms with Gasteiger partial charge in [0.25, 0.3) is 0 Å². The first-order valence-corrected chi connectivity index (χ1v) is 6.26. The predicted molar refractivity (Wildman–Crippen MR) is 80.1 cm³/mol. The first kappa shape index (κ1) is 17.3. The van der Waals surface area contributed by atoms with Crippen LogP contribution in [0.4, 0.5) is 4.39 Å². The minimum Gasteiger partial charge on any atom is -0.498 e. The van der Waals surface area contributed by atoms with Crippen molar-refractivity contribution in [2.45, 2.75) is 19.5 Å². The summed E-state index contributed by atoms with van der Waals surface area (Å²) < 4.78 is 18.4. The Morgan fingerprint density at radius 2 is 2.32 bits per heavy atom. The number of ether oxygens (including phenoxy) is 1. The average molecular weight is 266 g/mol. The molecule has 0 rings (SSSR count). The van der Waals surface area contributed by atoms with Crippen LogP contribution in [0, 0.1) is 0 Å². The fourth-order valence-electron chi connectivity index (χ4n) is 1.22. The highest BCUT2D eigenvalue weighted by Crippen LogP contribution is 2.05. The van der Waals surface area contributed by atoms with Crippen molar-refractivity contribution in [1.82, 2.24) is 5.32 Å². The zero-order valence-electron chi connectivity index (χ0n) is 11.5. The molecule has 0 aliphatic carbocycles. The Balaban J connectivity index is 3.91. The zero-order valence-corrected chi connectivity index (χ0v) is 11.5. The maximum absolute atomic E-state index is 13.3. The largest absolute Gasteiger partial charge is 0.498 e. The van der Waals surface area contributed by atoms with Crippen molar-refractivity contribution in [3.63, 3.8) is 0 Å². The molecular formula is C15H23FN2O.